The van der Waals surface area contributed by atoms with Gasteiger partial charge in [-0.25, -0.2) is 0 Å². The summed E-state index contributed by atoms with van der Waals surface area (Å²) in [7, 11) is 1.67. The topological polar surface area (TPSA) is 34.1 Å². The van der Waals surface area contributed by atoms with Gasteiger partial charge in [-0.2, -0.15) is 0 Å². The van der Waals surface area contributed by atoms with Gasteiger partial charge < -0.3 is 10.1 Å². The van der Waals surface area contributed by atoms with Crippen molar-refractivity contribution < 1.29 is 4.74 Å². The van der Waals surface area contributed by atoms with Gasteiger partial charge in [0.05, 0.1) is 12.8 Å². The standard InChI is InChI=1S/C13H21ClN2O/c1-10-5-12(17-4)6-11(16-10)7-15-9-13(2,3)8-14/h5-6,15H,7-9H2,1-4H3. The third-order valence-corrected chi connectivity index (χ3v) is 3.21. The number of methoxy groups -OCH3 is 1. The lowest BCUT2D eigenvalue weighted by molar-refractivity contribution is 0.383. The summed E-state index contributed by atoms with van der Waals surface area (Å²) in [5.41, 5.74) is 2.07. The predicted octanol–water partition coefficient (Wildman–Crippen LogP) is 2.75. The number of ether oxygens (including phenoxy) is 1. The Labute approximate surface area is 109 Å². The summed E-state index contributed by atoms with van der Waals surface area (Å²) in [5, 5.41) is 3.37. The molecule has 0 fully saturated rings. The van der Waals surface area contributed by atoms with Crippen molar-refractivity contribution in [1.29, 1.82) is 0 Å². The number of hydrogen-bond acceptors (Lipinski definition) is 3. The lowest BCUT2D eigenvalue weighted by Crippen LogP contribution is -2.30. The fourth-order valence-electron chi connectivity index (χ4n) is 1.49. The second kappa shape index (κ2) is 6.22. The first-order chi connectivity index (χ1) is 7.96. The molecule has 1 heterocycles. The van der Waals surface area contributed by atoms with Crippen LogP contribution in [-0.2, 0) is 6.54 Å². The van der Waals surface area contributed by atoms with Crippen LogP contribution in [0.15, 0.2) is 12.1 Å². The van der Waals surface area contributed by atoms with Crippen molar-refractivity contribution in [3.05, 3.63) is 23.5 Å². The Morgan fingerprint density at radius 1 is 1.41 bits per heavy atom. The van der Waals surface area contributed by atoms with Gasteiger partial charge in [0.2, 0.25) is 0 Å². The van der Waals surface area contributed by atoms with E-state index in [0.717, 1.165) is 30.2 Å². The molecule has 0 aliphatic carbocycles. The predicted molar refractivity (Wildman–Crippen MR) is 71.7 cm³/mol. The van der Waals surface area contributed by atoms with Gasteiger partial charge in [-0.05, 0) is 12.3 Å². The van der Waals surface area contributed by atoms with Gasteiger partial charge in [0.1, 0.15) is 5.75 Å². The monoisotopic (exact) mass is 256 g/mol. The van der Waals surface area contributed by atoms with E-state index in [0.29, 0.717) is 5.88 Å². The zero-order chi connectivity index (χ0) is 12.9. The number of pyridine rings is 1. The van der Waals surface area contributed by atoms with Crippen LogP contribution in [0.5, 0.6) is 5.75 Å². The maximum absolute atomic E-state index is 5.87. The molecule has 0 saturated carbocycles. The highest BCUT2D eigenvalue weighted by Crippen LogP contribution is 2.16. The van der Waals surface area contributed by atoms with E-state index in [1.165, 1.54) is 0 Å². The first-order valence-corrected chi connectivity index (χ1v) is 6.28. The minimum Gasteiger partial charge on any atom is -0.497 e. The lowest BCUT2D eigenvalue weighted by Gasteiger charge is -2.21. The molecule has 1 rings (SSSR count). The Hall–Kier alpha value is -0.800. The second-order valence-corrected chi connectivity index (χ2v) is 5.31. The van der Waals surface area contributed by atoms with Crippen LogP contribution in [0.4, 0.5) is 0 Å². The molecule has 0 saturated heterocycles. The molecular formula is C13H21ClN2O. The number of alkyl halides is 1. The van der Waals surface area contributed by atoms with E-state index in [9.17, 15) is 0 Å². The Balaban J connectivity index is 2.55. The van der Waals surface area contributed by atoms with Gasteiger partial charge >= 0.3 is 0 Å². The molecule has 1 aromatic heterocycles. The van der Waals surface area contributed by atoms with E-state index in [1.54, 1.807) is 7.11 Å². The van der Waals surface area contributed by atoms with Crippen LogP contribution >= 0.6 is 11.6 Å². The van der Waals surface area contributed by atoms with Gasteiger partial charge in [-0.3, -0.25) is 4.98 Å². The van der Waals surface area contributed by atoms with E-state index < -0.39 is 0 Å². The molecule has 0 atom stereocenters. The molecule has 0 amide bonds. The van der Waals surface area contributed by atoms with Crippen molar-refractivity contribution in [3.8, 4) is 5.75 Å². The van der Waals surface area contributed by atoms with Gasteiger partial charge in [-0.1, -0.05) is 13.8 Å². The largest absolute Gasteiger partial charge is 0.497 e. The zero-order valence-corrected chi connectivity index (χ0v) is 11.8. The molecule has 0 unspecified atom stereocenters. The number of rotatable bonds is 6. The number of aryl methyl sites for hydroxylation is 1. The number of nitrogens with zero attached hydrogens (tertiary/aromatic N) is 1. The van der Waals surface area contributed by atoms with Crippen LogP contribution in [0.3, 0.4) is 0 Å². The molecule has 0 aliphatic rings. The molecule has 0 radical (unpaired) electrons. The third-order valence-electron chi connectivity index (χ3n) is 2.49. The maximum atomic E-state index is 5.87. The average molecular weight is 257 g/mol. The maximum Gasteiger partial charge on any atom is 0.122 e. The summed E-state index contributed by atoms with van der Waals surface area (Å²) < 4.78 is 5.22. The highest BCUT2D eigenvalue weighted by atomic mass is 35.5. The average Bonchev–Trinajstić information content (AvgIpc) is 2.28. The summed E-state index contributed by atoms with van der Waals surface area (Å²) in [6, 6.07) is 3.87. The number of nitrogens with one attached hydrogen (secondary N) is 1. The Kier molecular flexibility index (Phi) is 5.22. The van der Waals surface area contributed by atoms with E-state index in [2.05, 4.69) is 24.1 Å². The van der Waals surface area contributed by atoms with Crippen LogP contribution in [-0.4, -0.2) is 24.5 Å². The van der Waals surface area contributed by atoms with Crippen LogP contribution in [0.2, 0.25) is 0 Å². The van der Waals surface area contributed by atoms with Crippen LogP contribution < -0.4 is 10.1 Å². The molecule has 0 aromatic carbocycles. The molecule has 0 bridgehead atoms. The van der Waals surface area contributed by atoms with Crippen molar-refractivity contribution in [2.75, 3.05) is 19.5 Å². The Bertz CT molecular complexity index is 366. The first kappa shape index (κ1) is 14.3. The van der Waals surface area contributed by atoms with Crippen molar-refractivity contribution >= 4 is 11.6 Å². The molecule has 1 aromatic rings. The van der Waals surface area contributed by atoms with Gasteiger partial charge in [0.15, 0.2) is 0 Å². The van der Waals surface area contributed by atoms with E-state index in [4.69, 9.17) is 16.3 Å². The lowest BCUT2D eigenvalue weighted by atomic mass is 9.96. The van der Waals surface area contributed by atoms with Crippen LogP contribution in [0.25, 0.3) is 0 Å². The van der Waals surface area contributed by atoms with Crippen molar-refractivity contribution in [1.82, 2.24) is 10.3 Å². The molecule has 3 nitrogen and oxygen atoms in total. The van der Waals surface area contributed by atoms with E-state index >= 15 is 0 Å². The highest BCUT2D eigenvalue weighted by molar-refractivity contribution is 6.18. The number of hydrogen-bond donors (Lipinski definition) is 1. The quantitative estimate of drug-likeness (QED) is 0.795. The third kappa shape index (κ3) is 4.92. The normalized spacial score (nSPS) is 11.6. The highest BCUT2D eigenvalue weighted by Gasteiger charge is 2.15. The van der Waals surface area contributed by atoms with Crippen LogP contribution in [0.1, 0.15) is 25.2 Å². The summed E-state index contributed by atoms with van der Waals surface area (Å²) in [6.45, 7) is 7.84. The summed E-state index contributed by atoms with van der Waals surface area (Å²) in [6.07, 6.45) is 0. The summed E-state index contributed by atoms with van der Waals surface area (Å²) >= 11 is 5.87. The molecule has 4 heteroatoms. The summed E-state index contributed by atoms with van der Waals surface area (Å²) in [4.78, 5) is 4.45. The van der Waals surface area contributed by atoms with Gasteiger partial charge in [0.25, 0.3) is 0 Å². The van der Waals surface area contributed by atoms with Crippen molar-refractivity contribution in [2.45, 2.75) is 27.3 Å². The molecule has 0 spiro atoms. The minimum absolute atomic E-state index is 0.107. The SMILES string of the molecule is COc1cc(C)nc(CNCC(C)(C)CCl)c1. The van der Waals surface area contributed by atoms with Gasteiger partial charge in [0, 0.05) is 36.8 Å². The summed E-state index contributed by atoms with van der Waals surface area (Å²) in [5.74, 6) is 1.50. The Morgan fingerprint density at radius 3 is 2.71 bits per heavy atom. The fraction of sp³-hybridized carbons (Fsp3) is 0.615. The minimum atomic E-state index is 0.107. The van der Waals surface area contributed by atoms with E-state index in [1.807, 2.05) is 19.1 Å². The number of halogens is 1. The van der Waals surface area contributed by atoms with E-state index in [-0.39, 0.29) is 5.41 Å². The first-order valence-electron chi connectivity index (χ1n) is 5.75. The fourth-order valence-corrected chi connectivity index (χ4v) is 1.58. The van der Waals surface area contributed by atoms with Crippen molar-refractivity contribution in [2.24, 2.45) is 5.41 Å². The molecule has 0 aliphatic heterocycles. The van der Waals surface area contributed by atoms with Crippen molar-refractivity contribution in [3.63, 3.8) is 0 Å². The zero-order valence-electron chi connectivity index (χ0n) is 11.0. The molecule has 17 heavy (non-hydrogen) atoms. The van der Waals surface area contributed by atoms with Crippen LogP contribution in [0, 0.1) is 12.3 Å². The number of aromatic nitrogens is 1. The van der Waals surface area contributed by atoms with Gasteiger partial charge in [-0.15, -0.1) is 11.6 Å². The second-order valence-electron chi connectivity index (χ2n) is 5.04. The Morgan fingerprint density at radius 2 is 2.12 bits per heavy atom. The molecule has 96 valence electrons. The smallest absolute Gasteiger partial charge is 0.122 e. The molecular weight excluding hydrogens is 236 g/mol. The molecule has 1 N–H and O–H groups in total.